The molecular weight excluding hydrogens is 284 g/mol. The topological polar surface area (TPSA) is 23.6 Å². The van der Waals surface area contributed by atoms with Crippen molar-refractivity contribution in [3.05, 3.63) is 34.9 Å². The molecule has 0 spiro atoms. The number of carbonyl (C=O) groups is 1. The van der Waals surface area contributed by atoms with Gasteiger partial charge >= 0.3 is 0 Å². The van der Waals surface area contributed by atoms with Crippen LogP contribution in [-0.2, 0) is 0 Å². The molecule has 5 rings (SSSR count). The van der Waals surface area contributed by atoms with Crippen molar-refractivity contribution in [2.24, 2.45) is 11.8 Å². The van der Waals surface area contributed by atoms with Crippen molar-refractivity contribution in [1.29, 1.82) is 0 Å². The number of benzene rings is 1. The lowest BCUT2D eigenvalue weighted by atomic mass is 9.95. The van der Waals surface area contributed by atoms with Gasteiger partial charge in [-0.05, 0) is 63.0 Å². The lowest BCUT2D eigenvalue weighted by Gasteiger charge is -2.36. The van der Waals surface area contributed by atoms with E-state index in [0.29, 0.717) is 12.0 Å². The molecule has 1 aromatic carbocycles. The van der Waals surface area contributed by atoms with Crippen molar-refractivity contribution < 1.29 is 4.79 Å². The van der Waals surface area contributed by atoms with Gasteiger partial charge < -0.3 is 4.90 Å². The molecule has 3 aliphatic heterocycles. The Hall–Kier alpha value is -1.35. The summed E-state index contributed by atoms with van der Waals surface area (Å²) in [5.74, 6) is 1.86. The SMILES string of the molecule is Cc1ccc(C)c(C(=O)N2C[C@H]3CC[C@@H](C2)N(CC2CC2)C3)c1. The molecule has 0 N–H and O–H groups in total. The second-order valence-corrected chi connectivity index (χ2v) is 8.02. The number of rotatable bonds is 3. The predicted octanol–water partition coefficient (Wildman–Crippen LogP) is 3.25. The third-order valence-electron chi connectivity index (χ3n) is 5.93. The Bertz CT molecular complexity index is 608. The van der Waals surface area contributed by atoms with Crippen molar-refractivity contribution >= 4 is 5.91 Å². The maximum Gasteiger partial charge on any atom is 0.254 e. The van der Waals surface area contributed by atoms with Crippen LogP contribution in [0.3, 0.4) is 0 Å². The van der Waals surface area contributed by atoms with E-state index in [9.17, 15) is 4.79 Å². The third-order valence-corrected chi connectivity index (χ3v) is 5.93. The molecule has 0 aromatic heterocycles. The quantitative estimate of drug-likeness (QED) is 0.855. The molecule has 3 nitrogen and oxygen atoms in total. The molecule has 3 heteroatoms. The van der Waals surface area contributed by atoms with Crippen molar-refractivity contribution in [1.82, 2.24) is 9.80 Å². The number of amides is 1. The second kappa shape index (κ2) is 5.94. The fourth-order valence-corrected chi connectivity index (χ4v) is 4.34. The first-order valence-corrected chi connectivity index (χ1v) is 9.20. The highest BCUT2D eigenvalue weighted by Gasteiger charge is 2.38. The Morgan fingerprint density at radius 3 is 2.70 bits per heavy atom. The Kier molecular flexibility index (Phi) is 3.92. The van der Waals surface area contributed by atoms with Crippen LogP contribution in [0.4, 0.5) is 0 Å². The number of nitrogens with zero attached hydrogens (tertiary/aromatic N) is 2. The largest absolute Gasteiger partial charge is 0.337 e. The van der Waals surface area contributed by atoms with E-state index in [2.05, 4.69) is 41.8 Å². The van der Waals surface area contributed by atoms with Crippen LogP contribution in [0.5, 0.6) is 0 Å². The third kappa shape index (κ3) is 3.16. The zero-order valence-corrected chi connectivity index (χ0v) is 14.4. The van der Waals surface area contributed by atoms with Gasteiger partial charge in [0.2, 0.25) is 0 Å². The second-order valence-electron chi connectivity index (χ2n) is 8.02. The molecule has 2 atom stereocenters. The van der Waals surface area contributed by atoms with Crippen LogP contribution in [0.15, 0.2) is 18.2 Å². The number of aryl methyl sites for hydroxylation is 2. The van der Waals surface area contributed by atoms with Gasteiger partial charge in [-0.2, -0.15) is 0 Å². The zero-order valence-electron chi connectivity index (χ0n) is 14.4. The number of fused-ring (bicyclic) bond motifs is 4. The first-order chi connectivity index (χ1) is 11.1. The molecule has 124 valence electrons. The van der Waals surface area contributed by atoms with Crippen molar-refractivity contribution in [2.45, 2.75) is 45.6 Å². The summed E-state index contributed by atoms with van der Waals surface area (Å²) in [6, 6.07) is 6.82. The summed E-state index contributed by atoms with van der Waals surface area (Å²) in [4.78, 5) is 17.9. The average molecular weight is 312 g/mol. The molecular formula is C20H28N2O. The van der Waals surface area contributed by atoms with E-state index in [0.717, 1.165) is 30.1 Å². The van der Waals surface area contributed by atoms with Crippen LogP contribution in [0, 0.1) is 25.7 Å². The zero-order chi connectivity index (χ0) is 16.0. The van der Waals surface area contributed by atoms with E-state index in [-0.39, 0.29) is 5.91 Å². The van der Waals surface area contributed by atoms with Crippen LogP contribution in [-0.4, -0.2) is 47.9 Å². The minimum Gasteiger partial charge on any atom is -0.337 e. The van der Waals surface area contributed by atoms with E-state index in [4.69, 9.17) is 0 Å². The van der Waals surface area contributed by atoms with Gasteiger partial charge in [0.25, 0.3) is 5.91 Å². The van der Waals surface area contributed by atoms with Crippen LogP contribution in [0.1, 0.15) is 47.2 Å². The summed E-state index contributed by atoms with van der Waals surface area (Å²) in [5, 5.41) is 0. The van der Waals surface area contributed by atoms with Gasteiger partial charge in [0.05, 0.1) is 0 Å². The molecule has 4 aliphatic rings. The highest BCUT2D eigenvalue weighted by molar-refractivity contribution is 5.96. The van der Waals surface area contributed by atoms with E-state index >= 15 is 0 Å². The fourth-order valence-electron chi connectivity index (χ4n) is 4.34. The predicted molar refractivity (Wildman–Crippen MR) is 92.6 cm³/mol. The van der Waals surface area contributed by atoms with Gasteiger partial charge in [-0.3, -0.25) is 9.69 Å². The fraction of sp³-hybridized carbons (Fsp3) is 0.650. The smallest absolute Gasteiger partial charge is 0.254 e. The van der Waals surface area contributed by atoms with Crippen LogP contribution in [0.25, 0.3) is 0 Å². The summed E-state index contributed by atoms with van der Waals surface area (Å²) < 4.78 is 0. The molecule has 0 unspecified atom stereocenters. The van der Waals surface area contributed by atoms with Crippen molar-refractivity contribution in [2.75, 3.05) is 26.2 Å². The average Bonchev–Trinajstić information content (AvgIpc) is 3.36. The Balaban J connectivity index is 1.53. The molecule has 1 saturated carbocycles. The molecule has 2 bridgehead atoms. The van der Waals surface area contributed by atoms with Gasteiger partial charge in [0, 0.05) is 37.8 Å². The van der Waals surface area contributed by atoms with Crippen LogP contribution >= 0.6 is 0 Å². The highest BCUT2D eigenvalue weighted by Crippen LogP contribution is 2.35. The Morgan fingerprint density at radius 2 is 1.91 bits per heavy atom. The summed E-state index contributed by atoms with van der Waals surface area (Å²) >= 11 is 0. The minimum absolute atomic E-state index is 0.247. The molecule has 23 heavy (non-hydrogen) atoms. The first-order valence-electron chi connectivity index (χ1n) is 9.20. The number of piperidine rings is 1. The maximum absolute atomic E-state index is 13.1. The van der Waals surface area contributed by atoms with Crippen LogP contribution in [0.2, 0.25) is 0 Å². The van der Waals surface area contributed by atoms with E-state index in [1.807, 2.05) is 0 Å². The van der Waals surface area contributed by atoms with E-state index < -0.39 is 0 Å². The van der Waals surface area contributed by atoms with Gasteiger partial charge in [-0.1, -0.05) is 17.7 Å². The molecule has 3 heterocycles. The number of carbonyl (C=O) groups excluding carboxylic acids is 1. The molecule has 0 radical (unpaired) electrons. The van der Waals surface area contributed by atoms with Crippen LogP contribution < -0.4 is 0 Å². The van der Waals surface area contributed by atoms with Gasteiger partial charge in [-0.15, -0.1) is 0 Å². The monoisotopic (exact) mass is 312 g/mol. The van der Waals surface area contributed by atoms with E-state index in [1.165, 1.54) is 44.3 Å². The first kappa shape index (κ1) is 15.2. The lowest BCUT2D eigenvalue weighted by molar-refractivity contribution is 0.0736. The van der Waals surface area contributed by atoms with Gasteiger partial charge in [0.1, 0.15) is 0 Å². The lowest BCUT2D eigenvalue weighted by Crippen LogP contribution is -2.45. The van der Waals surface area contributed by atoms with Crippen molar-refractivity contribution in [3.63, 3.8) is 0 Å². The summed E-state index contributed by atoms with van der Waals surface area (Å²) in [5.41, 5.74) is 3.18. The van der Waals surface area contributed by atoms with Crippen molar-refractivity contribution in [3.8, 4) is 0 Å². The van der Waals surface area contributed by atoms with Gasteiger partial charge in [0.15, 0.2) is 0 Å². The van der Waals surface area contributed by atoms with E-state index in [1.54, 1.807) is 0 Å². The number of hydrogen-bond acceptors (Lipinski definition) is 2. The molecule has 1 aromatic rings. The molecule has 1 amide bonds. The molecule has 1 aliphatic carbocycles. The molecule has 4 fully saturated rings. The minimum atomic E-state index is 0.247. The summed E-state index contributed by atoms with van der Waals surface area (Å²) in [6.45, 7) is 8.47. The highest BCUT2D eigenvalue weighted by atomic mass is 16.2. The Morgan fingerprint density at radius 1 is 1.09 bits per heavy atom. The van der Waals surface area contributed by atoms with Gasteiger partial charge in [-0.25, -0.2) is 0 Å². The normalized spacial score (nSPS) is 28.0. The molecule has 3 saturated heterocycles. The maximum atomic E-state index is 13.1. The summed E-state index contributed by atoms with van der Waals surface area (Å²) in [7, 11) is 0. The standard InChI is InChI=1S/C20H28N2O/c1-14-3-4-15(2)19(9-14)20(23)22-12-17-7-8-18(13-22)21(11-17)10-16-5-6-16/h3-4,9,16-18H,5-8,10-13H2,1-2H3/t17-,18-/m0/s1. The Labute approximate surface area is 139 Å². The number of hydrogen-bond donors (Lipinski definition) is 0. The summed E-state index contributed by atoms with van der Waals surface area (Å²) in [6.07, 6.45) is 5.40.